The minimum absolute atomic E-state index is 0.286. The predicted octanol–water partition coefficient (Wildman–Crippen LogP) is 2.91. The number of Topliss-reactive ketones (excluding diaryl/α,β-unsaturated/α-hetero) is 1. The van der Waals surface area contributed by atoms with Crippen LogP contribution in [0.1, 0.15) is 32.6 Å². The van der Waals surface area contributed by atoms with Crippen LogP contribution in [0.4, 0.5) is 5.69 Å². The van der Waals surface area contributed by atoms with Crippen molar-refractivity contribution < 1.29 is 9.59 Å². The van der Waals surface area contributed by atoms with Gasteiger partial charge in [0, 0.05) is 12.1 Å². The molecule has 100 valence electrons. The Kier molecular flexibility index (Phi) is 6.31. The Hall–Kier alpha value is -2.15. The Morgan fingerprint density at radius 2 is 1.95 bits per heavy atom. The van der Waals surface area contributed by atoms with Gasteiger partial charge in [-0.15, -0.1) is 0 Å². The number of benzene rings is 1. The summed E-state index contributed by atoms with van der Waals surface area (Å²) in [5, 5.41) is 11.6. The van der Waals surface area contributed by atoms with Gasteiger partial charge < -0.3 is 5.32 Å². The molecule has 0 saturated carbocycles. The number of para-hydroxylation sites is 1. The number of hydrogen-bond donors (Lipinski definition) is 1. The molecule has 1 aromatic carbocycles. The van der Waals surface area contributed by atoms with Crippen molar-refractivity contribution >= 4 is 17.4 Å². The summed E-state index contributed by atoms with van der Waals surface area (Å²) >= 11 is 0. The second-order valence-electron chi connectivity index (χ2n) is 4.34. The van der Waals surface area contributed by atoms with E-state index in [-0.39, 0.29) is 12.2 Å². The maximum absolute atomic E-state index is 11.9. The van der Waals surface area contributed by atoms with Crippen molar-refractivity contribution in [3.8, 4) is 6.07 Å². The second-order valence-corrected chi connectivity index (χ2v) is 4.34. The van der Waals surface area contributed by atoms with Crippen LogP contribution in [0.5, 0.6) is 0 Å². The van der Waals surface area contributed by atoms with Gasteiger partial charge in [0.25, 0.3) is 0 Å². The van der Waals surface area contributed by atoms with Crippen LogP contribution in [-0.2, 0) is 9.59 Å². The van der Waals surface area contributed by atoms with E-state index in [1.807, 2.05) is 13.0 Å². The molecule has 1 N–H and O–H groups in total. The Balaban J connectivity index is 2.57. The number of nitrogens with one attached hydrogen (secondary N) is 1. The molecular weight excluding hydrogens is 240 g/mol. The number of carbonyl (C=O) groups excluding carboxylic acids is 2. The molecule has 1 rings (SSSR count). The smallest absolute Gasteiger partial charge is 0.249 e. The van der Waals surface area contributed by atoms with Crippen LogP contribution in [0.25, 0.3) is 0 Å². The third kappa shape index (κ3) is 4.92. The average molecular weight is 258 g/mol. The highest BCUT2D eigenvalue weighted by Crippen LogP contribution is 2.11. The van der Waals surface area contributed by atoms with Crippen molar-refractivity contribution in [1.29, 1.82) is 5.26 Å². The molecule has 1 unspecified atom stereocenters. The highest BCUT2D eigenvalue weighted by atomic mass is 16.2. The number of amides is 1. The van der Waals surface area contributed by atoms with Gasteiger partial charge in [0.05, 0.1) is 6.07 Å². The summed E-state index contributed by atoms with van der Waals surface area (Å²) in [4.78, 5) is 23.7. The third-order valence-electron chi connectivity index (χ3n) is 2.78. The predicted molar refractivity (Wildman–Crippen MR) is 73.3 cm³/mol. The van der Waals surface area contributed by atoms with E-state index < -0.39 is 11.8 Å². The van der Waals surface area contributed by atoms with Gasteiger partial charge in [-0.1, -0.05) is 38.0 Å². The number of hydrogen-bond acceptors (Lipinski definition) is 3. The van der Waals surface area contributed by atoms with Crippen molar-refractivity contribution in [2.24, 2.45) is 5.92 Å². The number of carbonyl (C=O) groups is 2. The fraction of sp³-hybridized carbons (Fsp3) is 0.400. The summed E-state index contributed by atoms with van der Waals surface area (Å²) in [5.74, 6) is -2.06. The molecule has 19 heavy (non-hydrogen) atoms. The van der Waals surface area contributed by atoms with Crippen LogP contribution in [0.15, 0.2) is 30.3 Å². The normalized spacial score (nSPS) is 11.4. The zero-order valence-corrected chi connectivity index (χ0v) is 11.1. The summed E-state index contributed by atoms with van der Waals surface area (Å²) < 4.78 is 0. The first-order valence-electron chi connectivity index (χ1n) is 6.47. The molecule has 0 bridgehead atoms. The van der Waals surface area contributed by atoms with Crippen molar-refractivity contribution in [3.05, 3.63) is 30.3 Å². The molecule has 0 radical (unpaired) electrons. The molecule has 0 fully saturated rings. The largest absolute Gasteiger partial charge is 0.325 e. The lowest BCUT2D eigenvalue weighted by Gasteiger charge is -2.09. The van der Waals surface area contributed by atoms with Crippen LogP contribution < -0.4 is 5.32 Å². The summed E-state index contributed by atoms with van der Waals surface area (Å²) in [6.45, 7) is 2.04. The summed E-state index contributed by atoms with van der Waals surface area (Å²) in [7, 11) is 0. The van der Waals surface area contributed by atoms with Crippen LogP contribution in [0.3, 0.4) is 0 Å². The Morgan fingerprint density at radius 1 is 1.26 bits per heavy atom. The lowest BCUT2D eigenvalue weighted by atomic mass is 9.99. The molecular formula is C15H18N2O2. The highest BCUT2D eigenvalue weighted by molar-refractivity contribution is 6.09. The standard InChI is InChI=1S/C15H18N2O2/c1-2-3-5-10-14(18)13(11-16)15(19)17-12-8-6-4-7-9-12/h4,6-9,13H,2-3,5,10H2,1H3,(H,17,19). The SMILES string of the molecule is CCCCCC(=O)C(C#N)C(=O)Nc1ccccc1. The number of rotatable bonds is 7. The maximum Gasteiger partial charge on any atom is 0.249 e. The molecule has 0 aliphatic rings. The minimum Gasteiger partial charge on any atom is -0.325 e. The van der Waals surface area contributed by atoms with E-state index in [1.54, 1.807) is 30.3 Å². The van der Waals surface area contributed by atoms with Gasteiger partial charge in [0.15, 0.2) is 11.7 Å². The van der Waals surface area contributed by atoms with Crippen molar-refractivity contribution in [2.75, 3.05) is 5.32 Å². The molecule has 1 atom stereocenters. The van der Waals surface area contributed by atoms with Gasteiger partial charge in [0.1, 0.15) is 0 Å². The van der Waals surface area contributed by atoms with Gasteiger partial charge in [-0.05, 0) is 18.6 Å². The van der Waals surface area contributed by atoms with Crippen LogP contribution in [0, 0.1) is 17.2 Å². The lowest BCUT2D eigenvalue weighted by molar-refractivity contribution is -0.128. The molecule has 0 saturated heterocycles. The topological polar surface area (TPSA) is 70.0 Å². The molecule has 0 spiro atoms. The molecule has 4 heteroatoms. The van der Waals surface area contributed by atoms with E-state index in [0.29, 0.717) is 5.69 Å². The van der Waals surface area contributed by atoms with E-state index >= 15 is 0 Å². The van der Waals surface area contributed by atoms with Gasteiger partial charge in [-0.25, -0.2) is 0 Å². The Bertz CT molecular complexity index is 463. The summed E-state index contributed by atoms with van der Waals surface area (Å²) in [6.07, 6.45) is 2.95. The number of nitrogens with zero attached hydrogens (tertiary/aromatic N) is 1. The number of anilines is 1. The lowest BCUT2D eigenvalue weighted by Crippen LogP contribution is -2.28. The van der Waals surface area contributed by atoms with Crippen molar-refractivity contribution in [2.45, 2.75) is 32.6 Å². The summed E-state index contributed by atoms with van der Waals surface area (Å²) in [6, 6.07) is 10.6. The maximum atomic E-state index is 11.9. The molecule has 4 nitrogen and oxygen atoms in total. The number of ketones is 1. The quantitative estimate of drug-likeness (QED) is 0.604. The zero-order chi connectivity index (χ0) is 14.1. The zero-order valence-electron chi connectivity index (χ0n) is 11.1. The first-order chi connectivity index (χ1) is 9.19. The monoisotopic (exact) mass is 258 g/mol. The molecule has 0 aromatic heterocycles. The van der Waals surface area contributed by atoms with Crippen LogP contribution in [0.2, 0.25) is 0 Å². The van der Waals surface area contributed by atoms with Gasteiger partial charge in [0.2, 0.25) is 5.91 Å². The average Bonchev–Trinajstić information content (AvgIpc) is 2.41. The van der Waals surface area contributed by atoms with Crippen molar-refractivity contribution in [3.63, 3.8) is 0 Å². The van der Waals surface area contributed by atoms with E-state index in [2.05, 4.69) is 5.32 Å². The molecule has 0 aliphatic heterocycles. The van der Waals surface area contributed by atoms with E-state index in [9.17, 15) is 9.59 Å². The first kappa shape index (κ1) is 14.9. The van der Waals surface area contributed by atoms with Crippen LogP contribution >= 0.6 is 0 Å². The van der Waals surface area contributed by atoms with Gasteiger partial charge in [-0.2, -0.15) is 5.26 Å². The molecule has 0 aliphatic carbocycles. The van der Waals surface area contributed by atoms with Gasteiger partial charge in [-0.3, -0.25) is 9.59 Å². The molecule has 1 aromatic rings. The van der Waals surface area contributed by atoms with Crippen LogP contribution in [-0.4, -0.2) is 11.7 Å². The Labute approximate surface area is 113 Å². The number of unbranched alkanes of at least 4 members (excludes halogenated alkanes) is 2. The summed E-state index contributed by atoms with van der Waals surface area (Å²) in [5.41, 5.74) is 0.592. The highest BCUT2D eigenvalue weighted by Gasteiger charge is 2.25. The number of nitriles is 1. The van der Waals surface area contributed by atoms with Crippen molar-refractivity contribution in [1.82, 2.24) is 0 Å². The fourth-order valence-electron chi connectivity index (χ4n) is 1.71. The third-order valence-corrected chi connectivity index (χ3v) is 2.78. The van der Waals surface area contributed by atoms with Gasteiger partial charge >= 0.3 is 0 Å². The minimum atomic E-state index is -1.21. The molecule has 0 heterocycles. The first-order valence-corrected chi connectivity index (χ1v) is 6.47. The molecule has 1 amide bonds. The Morgan fingerprint density at radius 3 is 2.53 bits per heavy atom. The fourth-order valence-corrected chi connectivity index (χ4v) is 1.71. The van der Waals surface area contributed by atoms with E-state index in [4.69, 9.17) is 5.26 Å². The second kappa shape index (κ2) is 8.04. The van der Waals surface area contributed by atoms with E-state index in [1.165, 1.54) is 0 Å². The van der Waals surface area contributed by atoms with E-state index in [0.717, 1.165) is 19.3 Å².